The van der Waals surface area contributed by atoms with Gasteiger partial charge in [0.05, 0.1) is 27.4 Å². The smallest absolute Gasteiger partial charge is 0.416 e. The number of fused-ring (bicyclic) bond motifs is 1. The Morgan fingerprint density at radius 2 is 2.00 bits per heavy atom. The Bertz CT molecular complexity index is 1560. The van der Waals surface area contributed by atoms with E-state index in [1.807, 2.05) is 18.0 Å². The lowest BCUT2D eigenvalue weighted by Crippen LogP contribution is -2.84. The standard InChI is InChI=1S/C26H23F3N6O3S/c1-14(36)32-25-34-23-20(4-3-5-21(23)39-25)38-22-11-18(30-13-31-22)17-7-6-16(26(27,28)29)10-19(17)33-24(37)15-8-9-35(2)12-15/h3-7,10-11,13,15H,8-9,12H2,1-2H3,(H,33,37)(H,32,34,36)/p+1. The fraction of sp³-hybridized carbons (Fsp3) is 0.269. The van der Waals surface area contributed by atoms with Crippen LogP contribution in [0, 0.1) is 5.92 Å². The second-order valence-electron chi connectivity index (χ2n) is 9.24. The Labute approximate surface area is 225 Å². The lowest BCUT2D eigenvalue weighted by molar-refractivity contribution is -0.486. The van der Waals surface area contributed by atoms with Crippen LogP contribution in [0.2, 0.25) is 0 Å². The van der Waals surface area contributed by atoms with Gasteiger partial charge in [0.25, 0.3) is 0 Å². The first kappa shape index (κ1) is 26.7. The van der Waals surface area contributed by atoms with Gasteiger partial charge in [0.15, 0.2) is 10.9 Å². The number of carbonyl (C=O) groups excluding carboxylic acids is 2. The van der Waals surface area contributed by atoms with Gasteiger partial charge in [-0.15, -0.1) is 0 Å². The van der Waals surface area contributed by atoms with Crippen molar-refractivity contribution >= 4 is 44.2 Å². The second kappa shape index (κ2) is 10.7. The van der Waals surface area contributed by atoms with Crippen LogP contribution in [0.5, 0.6) is 11.6 Å². The van der Waals surface area contributed by atoms with Crippen LogP contribution >= 0.6 is 11.3 Å². The van der Waals surface area contributed by atoms with Crippen LogP contribution in [0.25, 0.3) is 21.5 Å². The molecular weight excluding hydrogens is 533 g/mol. The Morgan fingerprint density at radius 1 is 1.18 bits per heavy atom. The van der Waals surface area contributed by atoms with Crippen LogP contribution in [-0.4, -0.2) is 51.8 Å². The van der Waals surface area contributed by atoms with Gasteiger partial charge in [0.2, 0.25) is 11.8 Å². The first-order valence-corrected chi connectivity index (χ1v) is 12.8. The predicted octanol–water partition coefficient (Wildman–Crippen LogP) is 4.20. The van der Waals surface area contributed by atoms with Crippen molar-refractivity contribution in [3.63, 3.8) is 0 Å². The third-order valence-electron chi connectivity index (χ3n) is 6.27. The van der Waals surface area contributed by atoms with E-state index in [1.165, 1.54) is 42.0 Å². The minimum atomic E-state index is -4.57. The third-order valence-corrected chi connectivity index (χ3v) is 7.20. The topological polar surface area (TPSA) is 114 Å². The Hall–Kier alpha value is -3.94. The number of para-hydroxylation sites is 1. The molecule has 4 aromatic rings. The number of alkyl halides is 3. The molecule has 2 amide bonds. The molecule has 9 nitrogen and oxygen atoms in total. The highest BCUT2D eigenvalue weighted by Gasteiger charge is 2.34. The minimum absolute atomic E-state index is 0.121. The molecular formula is C26H24F3N6O3S+. The van der Waals surface area contributed by atoms with Crippen molar-refractivity contribution in [2.45, 2.75) is 19.5 Å². The summed E-state index contributed by atoms with van der Waals surface area (Å²) in [6.07, 6.45) is -2.68. The van der Waals surface area contributed by atoms with Crippen molar-refractivity contribution in [1.29, 1.82) is 0 Å². The number of anilines is 1. The lowest BCUT2D eigenvalue weighted by Gasteiger charge is -2.13. The number of nitrogens with two attached hydrogens (primary N) is 1. The molecule has 0 spiro atoms. The molecule has 1 saturated heterocycles. The van der Waals surface area contributed by atoms with Crippen molar-refractivity contribution in [2.75, 3.05) is 25.5 Å². The van der Waals surface area contributed by atoms with Gasteiger partial charge in [-0.3, -0.25) is 10.1 Å². The molecule has 0 aliphatic carbocycles. The first-order valence-electron chi connectivity index (χ1n) is 12.0. The monoisotopic (exact) mass is 557 g/mol. The number of likely N-dealkylation sites (tertiary alicyclic amines) is 1. The maximum absolute atomic E-state index is 13.5. The molecule has 1 aliphatic heterocycles. The number of quaternary nitrogens is 1. The Balaban J connectivity index is 1.47. The number of hydrogen-bond acceptors (Lipinski definition) is 8. The highest BCUT2D eigenvalue weighted by atomic mass is 32.1. The van der Waals surface area contributed by atoms with Crippen LogP contribution in [0.3, 0.4) is 0 Å². The summed E-state index contributed by atoms with van der Waals surface area (Å²) in [4.78, 5) is 39.2. The number of primary amides is 1. The number of ether oxygens (including phenoxy) is 1. The van der Waals surface area contributed by atoms with Crippen molar-refractivity contribution in [3.8, 4) is 22.9 Å². The van der Waals surface area contributed by atoms with Gasteiger partial charge >= 0.3 is 12.1 Å². The number of amides is 2. The predicted molar refractivity (Wildman–Crippen MR) is 139 cm³/mol. The van der Waals surface area contributed by atoms with Crippen molar-refractivity contribution in [1.82, 2.24) is 19.9 Å². The van der Waals surface area contributed by atoms with Crippen LogP contribution in [0.15, 0.2) is 48.8 Å². The zero-order chi connectivity index (χ0) is 27.7. The average Bonchev–Trinajstić information content (AvgIpc) is 3.49. The number of halogens is 3. The SMILES string of the molecule is CC(=O)Nc1nc2c(Oc3cc(-c4ccc(C(F)(F)F)cc4[NH2+]C(=O)C4CCN(C)C4)ncn3)cccc2s1. The van der Waals surface area contributed by atoms with Crippen LogP contribution in [-0.2, 0) is 15.8 Å². The van der Waals surface area contributed by atoms with Gasteiger partial charge in [-0.25, -0.2) is 19.7 Å². The molecule has 1 atom stereocenters. The van der Waals surface area contributed by atoms with Gasteiger partial charge in [-0.1, -0.05) is 17.4 Å². The molecule has 0 radical (unpaired) electrons. The van der Waals surface area contributed by atoms with E-state index in [0.717, 1.165) is 23.4 Å². The Kier molecular flexibility index (Phi) is 7.30. The first-order chi connectivity index (χ1) is 18.6. The fourth-order valence-corrected chi connectivity index (χ4v) is 5.32. The largest absolute Gasteiger partial charge is 0.437 e. The van der Waals surface area contributed by atoms with Gasteiger partial charge in [-0.05, 0) is 44.3 Å². The zero-order valence-corrected chi connectivity index (χ0v) is 21.8. The number of rotatable bonds is 6. The molecule has 2 aromatic heterocycles. The maximum Gasteiger partial charge on any atom is 0.416 e. The molecule has 1 unspecified atom stereocenters. The molecule has 1 aliphatic rings. The number of nitrogens with one attached hydrogen (secondary N) is 1. The highest BCUT2D eigenvalue weighted by Crippen LogP contribution is 2.37. The van der Waals surface area contributed by atoms with Crippen LogP contribution in [0.4, 0.5) is 24.0 Å². The van der Waals surface area contributed by atoms with E-state index in [4.69, 9.17) is 4.74 Å². The number of aromatic nitrogens is 3. The van der Waals surface area contributed by atoms with Gasteiger partial charge in [0, 0.05) is 25.6 Å². The summed E-state index contributed by atoms with van der Waals surface area (Å²) in [5, 5.41) is 4.34. The summed E-state index contributed by atoms with van der Waals surface area (Å²) in [5.74, 6) is -0.237. The molecule has 13 heteroatoms. The molecule has 0 saturated carbocycles. The van der Waals surface area contributed by atoms with E-state index >= 15 is 0 Å². The number of carbonyl (C=O) groups is 2. The van der Waals surface area contributed by atoms with E-state index in [-0.39, 0.29) is 29.3 Å². The molecule has 3 heterocycles. The summed E-state index contributed by atoms with van der Waals surface area (Å²) in [6, 6.07) is 10.0. The normalized spacial score (nSPS) is 16.0. The average molecular weight is 558 g/mol. The number of benzene rings is 2. The van der Waals surface area contributed by atoms with Crippen LogP contribution < -0.4 is 15.4 Å². The van der Waals surface area contributed by atoms with Crippen LogP contribution in [0.1, 0.15) is 18.9 Å². The number of hydrogen-bond donors (Lipinski definition) is 2. The number of thiazole rings is 1. The van der Waals surface area contributed by atoms with Gasteiger partial charge in [0.1, 0.15) is 17.5 Å². The van der Waals surface area contributed by atoms with E-state index in [0.29, 0.717) is 40.6 Å². The van der Waals surface area contributed by atoms with Gasteiger partial charge < -0.3 is 15.0 Å². The molecule has 0 bridgehead atoms. The summed E-state index contributed by atoms with van der Waals surface area (Å²) < 4.78 is 47.3. The quantitative estimate of drug-likeness (QED) is 0.342. The highest BCUT2D eigenvalue weighted by molar-refractivity contribution is 7.22. The summed E-state index contributed by atoms with van der Waals surface area (Å²) in [6.45, 7) is 2.70. The van der Waals surface area contributed by atoms with E-state index < -0.39 is 11.7 Å². The Morgan fingerprint density at radius 3 is 2.72 bits per heavy atom. The minimum Gasteiger partial charge on any atom is -0.437 e. The molecule has 3 N–H and O–H groups in total. The van der Waals surface area contributed by atoms with Crippen molar-refractivity contribution in [2.24, 2.45) is 5.92 Å². The van der Waals surface area contributed by atoms with E-state index in [9.17, 15) is 22.8 Å². The van der Waals surface area contributed by atoms with E-state index in [1.54, 1.807) is 12.1 Å². The van der Waals surface area contributed by atoms with E-state index in [2.05, 4.69) is 20.3 Å². The molecule has 202 valence electrons. The molecule has 5 rings (SSSR count). The van der Waals surface area contributed by atoms with Gasteiger partial charge in [-0.2, -0.15) is 13.2 Å². The second-order valence-corrected chi connectivity index (χ2v) is 10.3. The molecule has 1 fully saturated rings. The number of nitrogens with zero attached hydrogens (tertiary/aromatic N) is 4. The lowest BCUT2D eigenvalue weighted by atomic mass is 10.0. The van der Waals surface area contributed by atoms with Crippen molar-refractivity contribution < 1.29 is 32.8 Å². The van der Waals surface area contributed by atoms with Crippen molar-refractivity contribution in [3.05, 3.63) is 54.4 Å². The third kappa shape index (κ3) is 6.05. The maximum atomic E-state index is 13.5. The summed E-state index contributed by atoms with van der Waals surface area (Å²) >= 11 is 1.28. The zero-order valence-electron chi connectivity index (χ0n) is 21.0. The molecule has 2 aromatic carbocycles. The summed E-state index contributed by atoms with van der Waals surface area (Å²) in [7, 11) is 1.90. The molecule has 39 heavy (non-hydrogen) atoms. The fourth-order valence-electron chi connectivity index (χ4n) is 4.40. The summed E-state index contributed by atoms with van der Waals surface area (Å²) in [5.41, 5.74) is 0.415.